The molecular formula is C25H31NOS. The molecule has 0 unspecified atom stereocenters. The van der Waals surface area contributed by atoms with Gasteiger partial charge in [0.05, 0.1) is 5.60 Å². The highest BCUT2D eigenvalue weighted by Gasteiger charge is 2.34. The number of aliphatic hydroxyl groups is 1. The fourth-order valence-corrected chi connectivity index (χ4v) is 4.53. The number of hydrogen-bond acceptors (Lipinski definition) is 3. The van der Waals surface area contributed by atoms with Crippen molar-refractivity contribution < 1.29 is 5.11 Å². The zero-order chi connectivity index (χ0) is 20.3. The van der Waals surface area contributed by atoms with Crippen molar-refractivity contribution in [1.82, 2.24) is 4.31 Å². The summed E-state index contributed by atoms with van der Waals surface area (Å²) >= 11 is 1.80. The second-order valence-electron chi connectivity index (χ2n) is 8.00. The van der Waals surface area contributed by atoms with Crippen molar-refractivity contribution in [1.29, 1.82) is 0 Å². The van der Waals surface area contributed by atoms with Crippen LogP contribution in [0.3, 0.4) is 0 Å². The van der Waals surface area contributed by atoms with Crippen molar-refractivity contribution in [3.63, 3.8) is 0 Å². The van der Waals surface area contributed by atoms with Crippen LogP contribution in [0.5, 0.6) is 0 Å². The molecule has 148 valence electrons. The Morgan fingerprint density at radius 2 is 1.61 bits per heavy atom. The molecule has 28 heavy (non-hydrogen) atoms. The highest BCUT2D eigenvalue weighted by atomic mass is 32.2. The van der Waals surface area contributed by atoms with Crippen LogP contribution >= 0.6 is 11.9 Å². The molecule has 0 amide bonds. The fourth-order valence-electron chi connectivity index (χ4n) is 3.53. The van der Waals surface area contributed by atoms with Crippen molar-refractivity contribution in [3.05, 3.63) is 82.9 Å². The van der Waals surface area contributed by atoms with Gasteiger partial charge in [-0.05, 0) is 86.4 Å². The van der Waals surface area contributed by atoms with Gasteiger partial charge in [-0.3, -0.25) is 0 Å². The highest BCUT2D eigenvalue weighted by molar-refractivity contribution is 7.97. The van der Waals surface area contributed by atoms with Gasteiger partial charge in [-0.15, -0.1) is 0 Å². The minimum Gasteiger partial charge on any atom is -0.385 e. The van der Waals surface area contributed by atoms with Crippen molar-refractivity contribution in [3.8, 4) is 0 Å². The molecular weight excluding hydrogens is 362 g/mol. The van der Waals surface area contributed by atoms with Crippen LogP contribution in [0.25, 0.3) is 5.57 Å². The number of rotatable bonds is 5. The largest absolute Gasteiger partial charge is 0.385 e. The summed E-state index contributed by atoms with van der Waals surface area (Å²) in [7, 11) is 0. The Bertz CT molecular complexity index is 870. The van der Waals surface area contributed by atoms with Crippen LogP contribution in [0.4, 0.5) is 0 Å². The first kappa shape index (κ1) is 20.9. The van der Waals surface area contributed by atoms with Gasteiger partial charge in [-0.25, -0.2) is 4.31 Å². The first-order valence-corrected chi connectivity index (χ1v) is 10.7. The van der Waals surface area contributed by atoms with Crippen molar-refractivity contribution in [2.24, 2.45) is 0 Å². The molecule has 3 rings (SSSR count). The predicted molar refractivity (Wildman–Crippen MR) is 121 cm³/mol. The topological polar surface area (TPSA) is 23.5 Å². The third-order valence-corrected chi connectivity index (χ3v) is 7.12. The Hall–Kier alpha value is -1.81. The van der Waals surface area contributed by atoms with E-state index in [4.69, 9.17) is 0 Å². The summed E-state index contributed by atoms with van der Waals surface area (Å²) in [6.07, 6.45) is 1.50. The molecule has 0 saturated carbocycles. The quantitative estimate of drug-likeness (QED) is 0.472. The minimum absolute atomic E-state index is 0.742. The van der Waals surface area contributed by atoms with Gasteiger partial charge in [0.25, 0.3) is 0 Å². The van der Waals surface area contributed by atoms with Crippen molar-refractivity contribution in [2.45, 2.75) is 51.0 Å². The van der Waals surface area contributed by atoms with E-state index in [2.05, 4.69) is 87.1 Å². The molecule has 0 bridgehead atoms. The summed E-state index contributed by atoms with van der Waals surface area (Å²) in [4.78, 5) is 1.30. The van der Waals surface area contributed by atoms with Crippen molar-refractivity contribution >= 4 is 17.5 Å². The van der Waals surface area contributed by atoms with Gasteiger partial charge in [-0.1, -0.05) is 54.6 Å². The van der Waals surface area contributed by atoms with Gasteiger partial charge in [0.15, 0.2) is 0 Å². The number of allylic oxidation sites excluding steroid dienone is 3. The van der Waals surface area contributed by atoms with Gasteiger partial charge in [-0.2, -0.15) is 0 Å². The van der Waals surface area contributed by atoms with E-state index in [1.54, 1.807) is 11.9 Å². The molecule has 0 spiro atoms. The third-order valence-electron chi connectivity index (χ3n) is 5.84. The molecule has 1 saturated heterocycles. The molecule has 0 aliphatic carbocycles. The molecule has 1 N–H and O–H groups in total. The van der Waals surface area contributed by atoms with Gasteiger partial charge < -0.3 is 5.11 Å². The Morgan fingerprint density at radius 3 is 2.18 bits per heavy atom. The second-order valence-corrected chi connectivity index (χ2v) is 9.14. The third kappa shape index (κ3) is 4.60. The molecule has 3 heteroatoms. The maximum Gasteiger partial charge on any atom is 0.0921 e. The lowest BCUT2D eigenvalue weighted by atomic mass is 9.84. The number of aryl methyl sites for hydroxylation is 1. The summed E-state index contributed by atoms with van der Waals surface area (Å²) < 4.78 is 2.37. The first-order valence-electron chi connectivity index (χ1n) is 9.95. The Kier molecular flexibility index (Phi) is 6.49. The number of nitrogens with zero attached hydrogens (tertiary/aromatic N) is 1. The van der Waals surface area contributed by atoms with Crippen LogP contribution < -0.4 is 0 Å². The van der Waals surface area contributed by atoms with Gasteiger partial charge in [0.2, 0.25) is 0 Å². The van der Waals surface area contributed by atoms with E-state index in [0.29, 0.717) is 0 Å². The first-order chi connectivity index (χ1) is 13.3. The molecule has 1 aliphatic heterocycles. The molecule has 0 aromatic heterocycles. The number of hydrogen-bond donors (Lipinski definition) is 1. The highest BCUT2D eigenvalue weighted by Crippen LogP contribution is 2.37. The summed E-state index contributed by atoms with van der Waals surface area (Å²) in [5.74, 6) is 0. The summed E-state index contributed by atoms with van der Waals surface area (Å²) in [6, 6.07) is 16.8. The van der Waals surface area contributed by atoms with Crippen LogP contribution in [-0.4, -0.2) is 22.5 Å². The fraction of sp³-hybridized carbons (Fsp3) is 0.360. The van der Waals surface area contributed by atoms with Crippen LogP contribution in [0.2, 0.25) is 0 Å². The SMILES string of the molecule is C=C(C(C)=C(C)C)c1ccc(C2(O)CCN(Sc3ccccc3C)CC2)cc1. The van der Waals surface area contributed by atoms with E-state index in [9.17, 15) is 5.11 Å². The van der Waals surface area contributed by atoms with Gasteiger partial charge in [0.1, 0.15) is 0 Å². The van der Waals surface area contributed by atoms with Crippen LogP contribution in [0.15, 0.2) is 71.2 Å². The van der Waals surface area contributed by atoms with Gasteiger partial charge in [0, 0.05) is 18.0 Å². The number of benzene rings is 2. The minimum atomic E-state index is -0.742. The molecule has 1 heterocycles. The average molecular weight is 394 g/mol. The normalized spacial score (nSPS) is 16.6. The lowest BCUT2D eigenvalue weighted by Crippen LogP contribution is -2.39. The molecule has 2 nitrogen and oxygen atoms in total. The van der Waals surface area contributed by atoms with Crippen molar-refractivity contribution in [2.75, 3.05) is 13.1 Å². The summed E-state index contributed by atoms with van der Waals surface area (Å²) in [6.45, 7) is 14.5. The monoisotopic (exact) mass is 393 g/mol. The predicted octanol–water partition coefficient (Wildman–Crippen LogP) is 6.36. The maximum atomic E-state index is 11.2. The molecule has 2 aromatic carbocycles. The van der Waals surface area contributed by atoms with E-state index in [1.165, 1.54) is 21.6 Å². The zero-order valence-corrected chi connectivity index (χ0v) is 18.3. The average Bonchev–Trinajstić information content (AvgIpc) is 2.70. The van der Waals surface area contributed by atoms with E-state index in [-0.39, 0.29) is 0 Å². The molecule has 2 aromatic rings. The Balaban J connectivity index is 1.66. The maximum absolute atomic E-state index is 11.2. The number of piperidine rings is 1. The Labute approximate surface area is 174 Å². The second kappa shape index (κ2) is 8.69. The van der Waals surface area contributed by atoms with E-state index >= 15 is 0 Å². The standard InChI is InChI=1S/C25H31NOS/c1-18(2)20(4)21(5)22-10-12-23(13-11-22)25(27)14-16-26(17-15-25)28-24-9-7-6-8-19(24)3/h6-13,27H,5,14-17H2,1-4H3. The van der Waals surface area contributed by atoms with E-state index in [1.807, 2.05) is 0 Å². The zero-order valence-electron chi connectivity index (χ0n) is 17.5. The van der Waals surface area contributed by atoms with E-state index in [0.717, 1.165) is 42.6 Å². The summed E-state index contributed by atoms with van der Waals surface area (Å²) in [5.41, 5.74) is 6.27. The summed E-state index contributed by atoms with van der Waals surface area (Å²) in [5, 5.41) is 11.2. The molecule has 1 aliphatic rings. The van der Waals surface area contributed by atoms with E-state index < -0.39 is 5.60 Å². The van der Waals surface area contributed by atoms with Crippen LogP contribution in [0.1, 0.15) is 50.3 Å². The smallest absolute Gasteiger partial charge is 0.0921 e. The van der Waals surface area contributed by atoms with Gasteiger partial charge >= 0.3 is 0 Å². The van der Waals surface area contributed by atoms with Crippen LogP contribution in [-0.2, 0) is 5.60 Å². The molecule has 0 radical (unpaired) electrons. The molecule has 0 atom stereocenters. The van der Waals surface area contributed by atoms with Crippen LogP contribution in [0, 0.1) is 6.92 Å². The lowest BCUT2D eigenvalue weighted by molar-refractivity contribution is -0.00804. The molecule has 1 fully saturated rings. The Morgan fingerprint density at radius 1 is 1.00 bits per heavy atom. The lowest BCUT2D eigenvalue weighted by Gasteiger charge is -2.38.